The number of likely N-dealkylation sites (tertiary alicyclic amines) is 1. The minimum Gasteiger partial charge on any atom is -0.466 e. The zero-order valence-corrected chi connectivity index (χ0v) is 17.2. The number of aryl methyl sites for hydroxylation is 2. The van der Waals surface area contributed by atoms with E-state index in [0.717, 1.165) is 24.1 Å². The van der Waals surface area contributed by atoms with Crippen molar-refractivity contribution in [2.45, 2.75) is 38.8 Å². The maximum Gasteiger partial charge on any atom is 0.310 e. The average Bonchev–Trinajstić information content (AvgIpc) is 3.14. The number of aromatic nitrogens is 4. The quantitative estimate of drug-likeness (QED) is 0.539. The lowest BCUT2D eigenvalue weighted by molar-refractivity contribution is -0.151. The fourth-order valence-corrected chi connectivity index (χ4v) is 4.12. The van der Waals surface area contributed by atoms with Crippen molar-refractivity contribution in [3.63, 3.8) is 0 Å². The summed E-state index contributed by atoms with van der Waals surface area (Å²) in [6.45, 7) is 7.28. The topological polar surface area (TPSA) is 90.2 Å². The molecule has 0 saturated carbocycles. The second-order valence-corrected chi connectivity index (χ2v) is 7.83. The van der Waals surface area contributed by atoms with E-state index >= 15 is 0 Å². The first-order chi connectivity index (χ1) is 13.5. The van der Waals surface area contributed by atoms with Gasteiger partial charge >= 0.3 is 5.97 Å². The summed E-state index contributed by atoms with van der Waals surface area (Å²) in [6.07, 6.45) is 1.57. The Hall–Kier alpha value is -2.42. The van der Waals surface area contributed by atoms with Crippen LogP contribution in [0, 0.1) is 19.8 Å². The number of benzene rings is 1. The zero-order valence-electron chi connectivity index (χ0n) is 16.4. The summed E-state index contributed by atoms with van der Waals surface area (Å²) >= 11 is 1.30. The molecule has 0 unspecified atom stereocenters. The molecule has 1 aliphatic heterocycles. The van der Waals surface area contributed by atoms with Gasteiger partial charge in [0, 0.05) is 13.1 Å². The zero-order chi connectivity index (χ0) is 20.1. The first-order valence-corrected chi connectivity index (χ1v) is 10.4. The number of hydrogen-bond acceptors (Lipinski definition) is 7. The monoisotopic (exact) mass is 403 g/mol. The van der Waals surface area contributed by atoms with Gasteiger partial charge in [-0.15, -0.1) is 5.10 Å². The maximum atomic E-state index is 12.7. The Labute approximate surface area is 168 Å². The fourth-order valence-electron chi connectivity index (χ4n) is 3.34. The van der Waals surface area contributed by atoms with Gasteiger partial charge in [-0.2, -0.15) is 4.68 Å². The van der Waals surface area contributed by atoms with Gasteiger partial charge in [0.25, 0.3) is 0 Å². The predicted molar refractivity (Wildman–Crippen MR) is 105 cm³/mol. The van der Waals surface area contributed by atoms with Crippen molar-refractivity contribution in [3.8, 4) is 5.69 Å². The molecule has 0 radical (unpaired) electrons. The van der Waals surface area contributed by atoms with Crippen LogP contribution in [0.15, 0.2) is 23.4 Å². The Balaban J connectivity index is 1.63. The number of hydrogen-bond donors (Lipinski definition) is 0. The highest BCUT2D eigenvalue weighted by Crippen LogP contribution is 2.23. The van der Waals surface area contributed by atoms with Gasteiger partial charge in [0.1, 0.15) is 0 Å². The molecule has 1 aromatic carbocycles. The molecular formula is C19H25N5O3S. The van der Waals surface area contributed by atoms with Crippen molar-refractivity contribution in [2.24, 2.45) is 5.92 Å². The van der Waals surface area contributed by atoms with Crippen LogP contribution in [0.5, 0.6) is 0 Å². The second kappa shape index (κ2) is 9.18. The largest absolute Gasteiger partial charge is 0.466 e. The molecule has 1 fully saturated rings. The first kappa shape index (κ1) is 20.3. The minimum absolute atomic E-state index is 0.0193. The smallest absolute Gasteiger partial charge is 0.310 e. The Morgan fingerprint density at radius 3 is 2.89 bits per heavy atom. The molecule has 1 amide bonds. The number of ether oxygens (including phenoxy) is 1. The molecule has 1 aliphatic rings. The molecule has 1 aromatic heterocycles. The van der Waals surface area contributed by atoms with Crippen LogP contribution in [0.3, 0.4) is 0 Å². The predicted octanol–water partition coefficient (Wildman–Crippen LogP) is 2.17. The molecule has 2 aromatic rings. The number of rotatable bonds is 6. The van der Waals surface area contributed by atoms with Crippen LogP contribution in [0.4, 0.5) is 0 Å². The number of esters is 1. The summed E-state index contributed by atoms with van der Waals surface area (Å²) in [4.78, 5) is 26.4. The normalized spacial score (nSPS) is 16.8. The molecule has 1 saturated heterocycles. The van der Waals surface area contributed by atoms with Crippen LogP contribution in [-0.4, -0.2) is 62.4 Å². The van der Waals surface area contributed by atoms with Crippen molar-refractivity contribution in [1.29, 1.82) is 0 Å². The molecule has 150 valence electrons. The molecule has 3 rings (SSSR count). The van der Waals surface area contributed by atoms with Crippen LogP contribution in [-0.2, 0) is 14.3 Å². The van der Waals surface area contributed by atoms with Crippen LogP contribution in [0.2, 0.25) is 0 Å². The first-order valence-electron chi connectivity index (χ1n) is 9.42. The van der Waals surface area contributed by atoms with Gasteiger partial charge in [-0.05, 0) is 55.7 Å². The highest BCUT2D eigenvalue weighted by atomic mass is 32.2. The molecule has 0 N–H and O–H groups in total. The van der Waals surface area contributed by atoms with E-state index in [1.165, 1.54) is 17.3 Å². The number of tetrazole rings is 1. The van der Waals surface area contributed by atoms with E-state index in [-0.39, 0.29) is 23.5 Å². The number of piperidine rings is 1. The minimum atomic E-state index is -0.233. The Bertz CT molecular complexity index is 854. The van der Waals surface area contributed by atoms with Gasteiger partial charge in [-0.3, -0.25) is 9.59 Å². The third-order valence-corrected chi connectivity index (χ3v) is 5.64. The van der Waals surface area contributed by atoms with E-state index in [1.807, 2.05) is 26.0 Å². The molecule has 1 atom stereocenters. The summed E-state index contributed by atoms with van der Waals surface area (Å²) in [5, 5.41) is 12.5. The van der Waals surface area contributed by atoms with E-state index in [9.17, 15) is 9.59 Å². The number of carbonyl (C=O) groups is 2. The third kappa shape index (κ3) is 4.70. The van der Waals surface area contributed by atoms with Gasteiger partial charge in [0.05, 0.1) is 24.0 Å². The summed E-state index contributed by atoms with van der Waals surface area (Å²) in [5.74, 6) is -0.246. The SMILES string of the molecule is CCOC(=O)[C@H]1CCCN(C(=O)CSc2nnnn2-c2ccc(C)cc2C)C1. The molecule has 0 bridgehead atoms. The Kier molecular flexibility index (Phi) is 6.66. The standard InChI is InChI=1S/C19H25N5O3S/c1-4-27-18(26)15-6-5-9-23(11-15)17(25)12-28-19-20-21-22-24(19)16-8-7-13(2)10-14(16)3/h7-8,10,15H,4-6,9,11-12H2,1-3H3/t15-/m0/s1. The molecular weight excluding hydrogens is 378 g/mol. The van der Waals surface area contributed by atoms with Crippen LogP contribution in [0.1, 0.15) is 30.9 Å². The van der Waals surface area contributed by atoms with Crippen molar-refractivity contribution in [1.82, 2.24) is 25.1 Å². The Morgan fingerprint density at radius 2 is 2.14 bits per heavy atom. The third-order valence-electron chi connectivity index (χ3n) is 4.74. The van der Waals surface area contributed by atoms with E-state index in [0.29, 0.717) is 24.9 Å². The van der Waals surface area contributed by atoms with Gasteiger partial charge < -0.3 is 9.64 Å². The van der Waals surface area contributed by atoms with E-state index in [4.69, 9.17) is 4.74 Å². The van der Waals surface area contributed by atoms with E-state index in [2.05, 4.69) is 21.6 Å². The average molecular weight is 404 g/mol. The molecule has 0 spiro atoms. The Morgan fingerprint density at radius 1 is 1.32 bits per heavy atom. The molecule has 28 heavy (non-hydrogen) atoms. The second-order valence-electron chi connectivity index (χ2n) is 6.88. The van der Waals surface area contributed by atoms with Crippen LogP contribution in [0.25, 0.3) is 5.69 Å². The van der Waals surface area contributed by atoms with Crippen LogP contribution < -0.4 is 0 Å². The van der Waals surface area contributed by atoms with Crippen molar-refractivity contribution >= 4 is 23.6 Å². The highest BCUT2D eigenvalue weighted by Gasteiger charge is 2.29. The summed E-state index contributed by atoms with van der Waals surface area (Å²) in [7, 11) is 0. The van der Waals surface area contributed by atoms with E-state index < -0.39 is 0 Å². The highest BCUT2D eigenvalue weighted by molar-refractivity contribution is 7.99. The van der Waals surface area contributed by atoms with Gasteiger partial charge in [0.2, 0.25) is 11.1 Å². The van der Waals surface area contributed by atoms with Gasteiger partial charge in [0.15, 0.2) is 0 Å². The van der Waals surface area contributed by atoms with Gasteiger partial charge in [-0.25, -0.2) is 0 Å². The lowest BCUT2D eigenvalue weighted by atomic mass is 9.98. The number of nitrogens with zero attached hydrogens (tertiary/aromatic N) is 5. The number of thioether (sulfide) groups is 1. The summed E-state index contributed by atoms with van der Waals surface area (Å²) in [6, 6.07) is 6.05. The molecule has 0 aliphatic carbocycles. The van der Waals surface area contributed by atoms with Crippen LogP contribution >= 0.6 is 11.8 Å². The molecule has 9 heteroatoms. The summed E-state index contributed by atoms with van der Waals surface area (Å²) < 4.78 is 6.76. The number of carbonyl (C=O) groups excluding carboxylic acids is 2. The van der Waals surface area contributed by atoms with Crippen molar-refractivity contribution < 1.29 is 14.3 Å². The fraction of sp³-hybridized carbons (Fsp3) is 0.526. The van der Waals surface area contributed by atoms with Gasteiger partial charge in [-0.1, -0.05) is 29.5 Å². The van der Waals surface area contributed by atoms with Crippen molar-refractivity contribution in [2.75, 3.05) is 25.4 Å². The lowest BCUT2D eigenvalue weighted by Crippen LogP contribution is -2.43. The summed E-state index contributed by atoms with van der Waals surface area (Å²) in [5.41, 5.74) is 3.12. The molecule has 8 nitrogen and oxygen atoms in total. The molecule has 2 heterocycles. The van der Waals surface area contributed by atoms with E-state index in [1.54, 1.807) is 16.5 Å². The maximum absolute atomic E-state index is 12.7. The van der Waals surface area contributed by atoms with Crippen molar-refractivity contribution in [3.05, 3.63) is 29.3 Å². The number of amides is 1. The lowest BCUT2D eigenvalue weighted by Gasteiger charge is -2.31.